The quantitative estimate of drug-likeness (QED) is 0.712. The third kappa shape index (κ3) is 3.18. The normalized spacial score (nSPS) is 26.7. The molecule has 1 aliphatic rings. The first-order chi connectivity index (χ1) is 6.90. The van der Waals surface area contributed by atoms with Gasteiger partial charge in [-0.25, -0.2) is 0 Å². The first-order valence-corrected chi connectivity index (χ1v) is 5.33. The van der Waals surface area contributed by atoms with Crippen molar-refractivity contribution in [1.29, 1.82) is 0 Å². The Kier molecular flexibility index (Phi) is 3.73. The second-order valence-corrected chi connectivity index (χ2v) is 5.14. The molecular formula is C11H21NO3. The van der Waals surface area contributed by atoms with Gasteiger partial charge < -0.3 is 14.8 Å². The molecule has 1 heterocycles. The summed E-state index contributed by atoms with van der Waals surface area (Å²) in [5.74, 6) is -0.151. The van der Waals surface area contributed by atoms with Gasteiger partial charge in [0.25, 0.3) is 0 Å². The zero-order valence-electron chi connectivity index (χ0n) is 10.1. The van der Waals surface area contributed by atoms with Crippen LogP contribution in [0.5, 0.6) is 0 Å². The largest absolute Gasteiger partial charge is 0.459 e. The summed E-state index contributed by atoms with van der Waals surface area (Å²) >= 11 is 0. The molecule has 1 aliphatic heterocycles. The molecule has 0 aromatic rings. The summed E-state index contributed by atoms with van der Waals surface area (Å²) in [4.78, 5) is 12.0. The Morgan fingerprint density at radius 1 is 1.47 bits per heavy atom. The van der Waals surface area contributed by atoms with Gasteiger partial charge in [-0.05, 0) is 33.7 Å². The molecule has 0 aromatic carbocycles. The Bertz CT molecular complexity index is 226. The molecule has 15 heavy (non-hydrogen) atoms. The SMILES string of the molecule is COC[C@@]1(C(=O)OC(C)(C)C)CCNC1. The average Bonchev–Trinajstić information content (AvgIpc) is 2.51. The van der Waals surface area contributed by atoms with E-state index >= 15 is 0 Å². The lowest BCUT2D eigenvalue weighted by molar-refractivity contribution is -0.169. The summed E-state index contributed by atoms with van der Waals surface area (Å²) in [6.07, 6.45) is 0.787. The molecular weight excluding hydrogens is 194 g/mol. The van der Waals surface area contributed by atoms with E-state index in [0.29, 0.717) is 13.2 Å². The number of carbonyl (C=O) groups excluding carboxylic acids is 1. The van der Waals surface area contributed by atoms with E-state index in [9.17, 15) is 4.79 Å². The number of hydrogen-bond donors (Lipinski definition) is 1. The van der Waals surface area contributed by atoms with Gasteiger partial charge in [0.2, 0.25) is 0 Å². The Balaban J connectivity index is 2.68. The van der Waals surface area contributed by atoms with Gasteiger partial charge in [-0.15, -0.1) is 0 Å². The number of nitrogens with one attached hydrogen (secondary N) is 1. The lowest BCUT2D eigenvalue weighted by Crippen LogP contribution is -2.42. The molecule has 0 spiro atoms. The highest BCUT2D eigenvalue weighted by molar-refractivity contribution is 5.78. The van der Waals surface area contributed by atoms with E-state index in [-0.39, 0.29) is 5.97 Å². The minimum atomic E-state index is -0.484. The average molecular weight is 215 g/mol. The Morgan fingerprint density at radius 2 is 2.13 bits per heavy atom. The van der Waals surface area contributed by atoms with Crippen LogP contribution in [-0.2, 0) is 14.3 Å². The zero-order chi connectivity index (χ0) is 11.5. The highest BCUT2D eigenvalue weighted by atomic mass is 16.6. The molecule has 4 nitrogen and oxygen atoms in total. The molecule has 88 valence electrons. The van der Waals surface area contributed by atoms with Gasteiger partial charge >= 0.3 is 5.97 Å². The molecule has 4 heteroatoms. The molecule has 1 rings (SSSR count). The topological polar surface area (TPSA) is 47.6 Å². The summed E-state index contributed by atoms with van der Waals surface area (Å²) in [5, 5.41) is 3.18. The van der Waals surface area contributed by atoms with Crippen molar-refractivity contribution in [2.45, 2.75) is 32.8 Å². The molecule has 0 saturated carbocycles. The number of hydrogen-bond acceptors (Lipinski definition) is 4. The van der Waals surface area contributed by atoms with Crippen molar-refractivity contribution >= 4 is 5.97 Å². The van der Waals surface area contributed by atoms with Crippen LogP contribution < -0.4 is 5.32 Å². The van der Waals surface area contributed by atoms with E-state index in [0.717, 1.165) is 13.0 Å². The van der Waals surface area contributed by atoms with Crippen molar-refractivity contribution in [1.82, 2.24) is 5.32 Å². The van der Waals surface area contributed by atoms with Crippen molar-refractivity contribution in [2.75, 3.05) is 26.8 Å². The van der Waals surface area contributed by atoms with Crippen LogP contribution in [0, 0.1) is 5.41 Å². The van der Waals surface area contributed by atoms with Gasteiger partial charge in [0, 0.05) is 13.7 Å². The van der Waals surface area contributed by atoms with E-state index in [1.165, 1.54) is 0 Å². The summed E-state index contributed by atoms with van der Waals surface area (Å²) in [6, 6.07) is 0. The van der Waals surface area contributed by atoms with Gasteiger partial charge in [-0.1, -0.05) is 0 Å². The molecule has 0 amide bonds. The second-order valence-electron chi connectivity index (χ2n) is 5.14. The summed E-state index contributed by atoms with van der Waals surface area (Å²) < 4.78 is 10.5. The highest BCUT2D eigenvalue weighted by Gasteiger charge is 2.44. The van der Waals surface area contributed by atoms with Crippen LogP contribution in [0.4, 0.5) is 0 Å². The van der Waals surface area contributed by atoms with E-state index in [4.69, 9.17) is 9.47 Å². The summed E-state index contributed by atoms with van der Waals surface area (Å²) in [7, 11) is 1.62. The fraction of sp³-hybridized carbons (Fsp3) is 0.909. The van der Waals surface area contributed by atoms with Gasteiger partial charge in [-0.2, -0.15) is 0 Å². The smallest absolute Gasteiger partial charge is 0.316 e. The predicted molar refractivity (Wildman–Crippen MR) is 57.6 cm³/mol. The zero-order valence-corrected chi connectivity index (χ0v) is 10.1. The lowest BCUT2D eigenvalue weighted by atomic mass is 9.88. The Hall–Kier alpha value is -0.610. The van der Waals surface area contributed by atoms with E-state index in [1.807, 2.05) is 20.8 Å². The number of rotatable bonds is 3. The molecule has 0 aromatic heterocycles. The lowest BCUT2D eigenvalue weighted by Gasteiger charge is -2.29. The Labute approximate surface area is 91.3 Å². The Morgan fingerprint density at radius 3 is 2.53 bits per heavy atom. The third-order valence-electron chi connectivity index (χ3n) is 2.50. The van der Waals surface area contributed by atoms with E-state index in [1.54, 1.807) is 7.11 Å². The van der Waals surface area contributed by atoms with Crippen LogP contribution in [0.2, 0.25) is 0 Å². The molecule has 0 bridgehead atoms. The minimum absolute atomic E-state index is 0.151. The predicted octanol–water partition coefficient (Wildman–Crippen LogP) is 0.954. The van der Waals surface area contributed by atoms with Crippen molar-refractivity contribution in [3.05, 3.63) is 0 Å². The van der Waals surface area contributed by atoms with Crippen molar-refractivity contribution in [3.63, 3.8) is 0 Å². The third-order valence-corrected chi connectivity index (χ3v) is 2.50. The molecule has 1 saturated heterocycles. The number of esters is 1. The number of methoxy groups -OCH3 is 1. The number of ether oxygens (including phenoxy) is 2. The van der Waals surface area contributed by atoms with Crippen LogP contribution >= 0.6 is 0 Å². The van der Waals surface area contributed by atoms with Gasteiger partial charge in [0.15, 0.2) is 0 Å². The van der Waals surface area contributed by atoms with Crippen LogP contribution in [0.3, 0.4) is 0 Å². The van der Waals surface area contributed by atoms with Crippen LogP contribution in [0.15, 0.2) is 0 Å². The summed E-state index contributed by atoms with van der Waals surface area (Å²) in [6.45, 7) is 7.57. The monoisotopic (exact) mass is 215 g/mol. The number of carbonyl (C=O) groups is 1. The minimum Gasteiger partial charge on any atom is -0.459 e. The standard InChI is InChI=1S/C11H21NO3/c1-10(2,3)15-9(13)11(8-14-4)5-6-12-7-11/h12H,5-8H2,1-4H3/t11-/m1/s1. The van der Waals surface area contributed by atoms with Gasteiger partial charge in [0.1, 0.15) is 11.0 Å². The van der Waals surface area contributed by atoms with Crippen molar-refractivity contribution in [2.24, 2.45) is 5.41 Å². The maximum absolute atomic E-state index is 12.0. The maximum Gasteiger partial charge on any atom is 0.316 e. The van der Waals surface area contributed by atoms with Crippen molar-refractivity contribution in [3.8, 4) is 0 Å². The second kappa shape index (κ2) is 4.49. The van der Waals surface area contributed by atoms with Crippen LogP contribution in [-0.4, -0.2) is 38.4 Å². The maximum atomic E-state index is 12.0. The molecule has 1 N–H and O–H groups in total. The van der Waals surface area contributed by atoms with Crippen LogP contribution in [0.1, 0.15) is 27.2 Å². The van der Waals surface area contributed by atoms with E-state index < -0.39 is 11.0 Å². The van der Waals surface area contributed by atoms with Crippen LogP contribution in [0.25, 0.3) is 0 Å². The highest BCUT2D eigenvalue weighted by Crippen LogP contribution is 2.29. The molecule has 1 atom stereocenters. The fourth-order valence-corrected chi connectivity index (χ4v) is 1.76. The fourth-order valence-electron chi connectivity index (χ4n) is 1.76. The first kappa shape index (κ1) is 12.5. The molecule has 1 fully saturated rings. The molecule has 0 aliphatic carbocycles. The molecule has 0 unspecified atom stereocenters. The van der Waals surface area contributed by atoms with Gasteiger partial charge in [-0.3, -0.25) is 4.79 Å². The summed E-state index contributed by atoms with van der Waals surface area (Å²) in [5.41, 5.74) is -0.914. The van der Waals surface area contributed by atoms with Crippen molar-refractivity contribution < 1.29 is 14.3 Å². The van der Waals surface area contributed by atoms with Gasteiger partial charge in [0.05, 0.1) is 6.61 Å². The first-order valence-electron chi connectivity index (χ1n) is 5.33. The van der Waals surface area contributed by atoms with E-state index in [2.05, 4.69) is 5.32 Å². The molecule has 0 radical (unpaired) electrons.